The molecule has 10 heteroatoms. The molecule has 10 nitrogen and oxygen atoms in total. The van der Waals surface area contributed by atoms with Crippen molar-refractivity contribution >= 4 is 34.3 Å². The number of non-ortho nitro benzene ring substituents is 1. The lowest BCUT2D eigenvalue weighted by atomic mass is 10.2. The number of carbonyl (C=O) groups is 2. The van der Waals surface area contributed by atoms with E-state index in [1.54, 1.807) is 24.3 Å². The molecule has 3 aromatic rings. The number of nitrogens with one attached hydrogen (secondary N) is 2. The molecule has 2 aromatic carbocycles. The number of anilines is 1. The molecule has 0 radical (unpaired) electrons. The lowest BCUT2D eigenvalue weighted by molar-refractivity contribution is -0.384. The van der Waals surface area contributed by atoms with Crippen LogP contribution in [0.2, 0.25) is 0 Å². The zero-order valence-corrected chi connectivity index (χ0v) is 15.1. The molecule has 2 amide bonds. The first-order valence-corrected chi connectivity index (χ1v) is 8.89. The van der Waals surface area contributed by atoms with Crippen LogP contribution in [0.3, 0.4) is 0 Å². The zero-order valence-electron chi connectivity index (χ0n) is 15.1. The van der Waals surface area contributed by atoms with E-state index in [1.807, 2.05) is 0 Å². The fraction of sp³-hybridized carbons (Fsp3) is 0.211. The van der Waals surface area contributed by atoms with Crippen molar-refractivity contribution in [2.24, 2.45) is 0 Å². The second kappa shape index (κ2) is 7.23. The molecular weight excluding hydrogens is 380 g/mol. The minimum atomic E-state index is -0.798. The second-order valence-corrected chi connectivity index (χ2v) is 6.74. The van der Waals surface area contributed by atoms with Crippen molar-refractivity contribution in [2.45, 2.75) is 25.4 Å². The molecule has 0 atom stereocenters. The summed E-state index contributed by atoms with van der Waals surface area (Å²) in [5.41, 5.74) is 0.913. The van der Waals surface area contributed by atoms with Crippen LogP contribution in [0, 0.1) is 10.1 Å². The largest absolute Gasteiger partial charge is 0.420 e. The summed E-state index contributed by atoms with van der Waals surface area (Å²) in [6.45, 7) is -0.345. The van der Waals surface area contributed by atoms with Gasteiger partial charge < -0.3 is 15.1 Å². The molecule has 0 unspecified atom stereocenters. The lowest BCUT2D eigenvalue weighted by Crippen LogP contribution is -2.26. The highest BCUT2D eigenvalue weighted by Crippen LogP contribution is 2.21. The minimum Gasteiger partial charge on any atom is -0.407 e. The van der Waals surface area contributed by atoms with E-state index in [0.717, 1.165) is 23.5 Å². The van der Waals surface area contributed by atoms with E-state index in [0.29, 0.717) is 11.3 Å². The Balaban J connectivity index is 1.50. The van der Waals surface area contributed by atoms with Crippen molar-refractivity contribution in [1.29, 1.82) is 0 Å². The fourth-order valence-corrected chi connectivity index (χ4v) is 2.90. The molecule has 1 aliphatic rings. The van der Waals surface area contributed by atoms with E-state index in [-0.39, 0.29) is 35.3 Å². The number of fused-ring (bicyclic) bond motifs is 1. The van der Waals surface area contributed by atoms with Crippen molar-refractivity contribution in [3.05, 3.63) is 68.7 Å². The summed E-state index contributed by atoms with van der Waals surface area (Å²) in [6.07, 6.45) is 1.94. The first-order chi connectivity index (χ1) is 13.9. The number of nitro benzene ring substituents is 1. The van der Waals surface area contributed by atoms with E-state index < -0.39 is 16.6 Å². The predicted octanol–water partition coefficient (Wildman–Crippen LogP) is 2.03. The van der Waals surface area contributed by atoms with Gasteiger partial charge in [0, 0.05) is 23.4 Å². The zero-order chi connectivity index (χ0) is 20.5. The maximum absolute atomic E-state index is 12.4. The van der Waals surface area contributed by atoms with Crippen molar-refractivity contribution in [3.63, 3.8) is 0 Å². The topological polar surface area (TPSA) is 136 Å². The highest BCUT2D eigenvalue weighted by Gasteiger charge is 2.24. The molecule has 148 valence electrons. The average molecular weight is 396 g/mol. The maximum Gasteiger partial charge on any atom is 0.420 e. The van der Waals surface area contributed by atoms with Gasteiger partial charge in [-0.05, 0) is 37.1 Å². The van der Waals surface area contributed by atoms with Gasteiger partial charge in [-0.1, -0.05) is 6.07 Å². The van der Waals surface area contributed by atoms with E-state index in [4.69, 9.17) is 4.42 Å². The molecule has 0 saturated heterocycles. The number of hydrogen-bond acceptors (Lipinski definition) is 6. The second-order valence-electron chi connectivity index (χ2n) is 6.74. The predicted molar refractivity (Wildman–Crippen MR) is 103 cm³/mol. The first kappa shape index (κ1) is 18.4. The van der Waals surface area contributed by atoms with Gasteiger partial charge in [0.1, 0.15) is 6.54 Å². The Morgan fingerprint density at radius 2 is 2.00 bits per heavy atom. The van der Waals surface area contributed by atoms with Gasteiger partial charge in [-0.25, -0.2) is 4.79 Å². The molecule has 1 saturated carbocycles. The molecule has 1 heterocycles. The van der Waals surface area contributed by atoms with E-state index in [9.17, 15) is 24.5 Å². The van der Waals surface area contributed by atoms with Gasteiger partial charge in [-0.3, -0.25) is 24.3 Å². The van der Waals surface area contributed by atoms with Gasteiger partial charge in [0.2, 0.25) is 5.91 Å². The van der Waals surface area contributed by atoms with Crippen molar-refractivity contribution in [3.8, 4) is 0 Å². The Labute approximate surface area is 163 Å². The summed E-state index contributed by atoms with van der Waals surface area (Å²) in [7, 11) is 0. The van der Waals surface area contributed by atoms with Gasteiger partial charge >= 0.3 is 5.76 Å². The molecule has 2 N–H and O–H groups in total. The van der Waals surface area contributed by atoms with Crippen LogP contribution in [-0.2, 0) is 11.3 Å². The normalized spacial score (nSPS) is 13.2. The summed E-state index contributed by atoms with van der Waals surface area (Å²) in [6, 6.07) is 10.4. The molecule has 29 heavy (non-hydrogen) atoms. The molecule has 1 aromatic heterocycles. The van der Waals surface area contributed by atoms with Crippen LogP contribution in [-0.4, -0.2) is 27.3 Å². The quantitative estimate of drug-likeness (QED) is 0.483. The number of aromatic nitrogens is 1. The Hall–Kier alpha value is -3.95. The number of rotatable bonds is 6. The molecule has 1 fully saturated rings. The van der Waals surface area contributed by atoms with E-state index >= 15 is 0 Å². The number of hydrogen-bond donors (Lipinski definition) is 2. The van der Waals surface area contributed by atoms with E-state index in [2.05, 4.69) is 10.6 Å². The van der Waals surface area contributed by atoms with E-state index in [1.165, 1.54) is 12.1 Å². The van der Waals surface area contributed by atoms with Gasteiger partial charge in [0.15, 0.2) is 5.58 Å². The van der Waals surface area contributed by atoms with Crippen LogP contribution in [0.1, 0.15) is 23.2 Å². The monoisotopic (exact) mass is 396 g/mol. The van der Waals surface area contributed by atoms with Crippen LogP contribution in [0.25, 0.3) is 11.1 Å². The summed E-state index contributed by atoms with van der Waals surface area (Å²) in [4.78, 5) is 46.8. The van der Waals surface area contributed by atoms with Crippen LogP contribution in [0.15, 0.2) is 51.7 Å². The Morgan fingerprint density at radius 3 is 2.72 bits per heavy atom. The third kappa shape index (κ3) is 4.00. The SMILES string of the molecule is O=C(Cn1c(=O)oc2cc([N+](=O)[O-])ccc21)Nc1cccc(C(=O)NC2CC2)c1. The number of nitrogens with zero attached hydrogens (tertiary/aromatic N) is 2. The molecule has 0 spiro atoms. The van der Waals surface area contributed by atoms with Gasteiger partial charge in [0.05, 0.1) is 16.5 Å². The highest BCUT2D eigenvalue weighted by atomic mass is 16.6. The third-order valence-electron chi connectivity index (χ3n) is 4.49. The van der Waals surface area contributed by atoms with Crippen LogP contribution in [0.4, 0.5) is 11.4 Å². The summed E-state index contributed by atoms with van der Waals surface area (Å²) < 4.78 is 6.09. The van der Waals surface area contributed by atoms with Crippen LogP contribution < -0.4 is 16.4 Å². The summed E-state index contributed by atoms with van der Waals surface area (Å²) in [5, 5.41) is 16.3. The van der Waals surface area contributed by atoms with Gasteiger partial charge in [-0.15, -0.1) is 0 Å². The van der Waals surface area contributed by atoms with Crippen LogP contribution >= 0.6 is 0 Å². The third-order valence-corrected chi connectivity index (χ3v) is 4.49. The average Bonchev–Trinajstić information content (AvgIpc) is 3.44. The number of amides is 2. The first-order valence-electron chi connectivity index (χ1n) is 8.89. The number of oxazole rings is 1. The molecular formula is C19H16N4O6. The van der Waals surface area contributed by atoms with Crippen LogP contribution in [0.5, 0.6) is 0 Å². The summed E-state index contributed by atoms with van der Waals surface area (Å²) in [5.74, 6) is -1.51. The Kier molecular flexibility index (Phi) is 4.59. The lowest BCUT2D eigenvalue weighted by Gasteiger charge is -2.08. The summed E-state index contributed by atoms with van der Waals surface area (Å²) >= 11 is 0. The Morgan fingerprint density at radius 1 is 1.21 bits per heavy atom. The van der Waals surface area contributed by atoms with Crippen molar-refractivity contribution in [1.82, 2.24) is 9.88 Å². The number of carbonyl (C=O) groups excluding carboxylic acids is 2. The maximum atomic E-state index is 12.4. The molecule has 4 rings (SSSR count). The minimum absolute atomic E-state index is 0.0238. The van der Waals surface area contributed by atoms with Crippen molar-refractivity contribution < 1.29 is 18.9 Å². The van der Waals surface area contributed by atoms with Gasteiger partial charge in [-0.2, -0.15) is 0 Å². The fourth-order valence-electron chi connectivity index (χ4n) is 2.90. The highest BCUT2D eigenvalue weighted by molar-refractivity contribution is 5.97. The van der Waals surface area contributed by atoms with Gasteiger partial charge in [0.25, 0.3) is 11.6 Å². The molecule has 0 bridgehead atoms. The molecule has 0 aliphatic heterocycles. The van der Waals surface area contributed by atoms with Crippen molar-refractivity contribution in [2.75, 3.05) is 5.32 Å². The Bertz CT molecular complexity index is 1190. The standard InChI is InChI=1S/C19H16N4O6/c24-17(20-13-3-1-2-11(8-13)18(25)21-12-4-5-12)10-22-15-7-6-14(23(27)28)9-16(15)29-19(22)26/h1-3,6-9,12H,4-5,10H2,(H,20,24)(H,21,25). The smallest absolute Gasteiger partial charge is 0.407 e. The number of nitro groups is 1. The number of benzene rings is 2. The molecule has 1 aliphatic carbocycles.